The Labute approximate surface area is 312 Å². The van der Waals surface area contributed by atoms with Crippen molar-refractivity contribution < 1.29 is 32.5 Å². The van der Waals surface area contributed by atoms with Crippen LogP contribution in [0.15, 0.2) is 48.5 Å². The fourth-order valence-corrected chi connectivity index (χ4v) is 10.6. The average Bonchev–Trinajstić information content (AvgIpc) is 3.18. The Morgan fingerprint density at radius 3 is 1.32 bits per heavy atom. The molecule has 0 N–H and O–H groups in total. The third-order valence-electron chi connectivity index (χ3n) is 11.7. The molecule has 4 amide bonds. The molecule has 1 atom stereocenters. The van der Waals surface area contributed by atoms with Crippen molar-refractivity contribution in [3.8, 4) is 0 Å². The number of carbonyl (C=O) groups is 4. The summed E-state index contributed by atoms with van der Waals surface area (Å²) in [7, 11) is 1.77. The molecule has 0 bridgehead atoms. The predicted octanol–water partition coefficient (Wildman–Crippen LogP) is 9.36. The van der Waals surface area contributed by atoms with Gasteiger partial charge in [0.25, 0.3) is 23.6 Å². The Morgan fingerprint density at radius 1 is 0.509 bits per heavy atom. The summed E-state index contributed by atoms with van der Waals surface area (Å²) in [6.07, 6.45) is 10.6. The topological polar surface area (TPSA) is 102 Å². The van der Waals surface area contributed by atoms with E-state index in [-0.39, 0.29) is 36.1 Å². The summed E-state index contributed by atoms with van der Waals surface area (Å²) in [6, 6.07) is 15.6. The molecule has 7 rings (SSSR count). The average molecular weight is 735 g/mol. The summed E-state index contributed by atoms with van der Waals surface area (Å²) in [5.74, 6) is -0.846. The highest BCUT2D eigenvalue weighted by atomic mass is 28.4. The zero-order chi connectivity index (χ0) is 37.4. The molecular formula is C43H50N2O7Si. The number of benzene rings is 5. The number of amides is 4. The lowest BCUT2D eigenvalue weighted by molar-refractivity contribution is 0.0571. The second-order valence-electron chi connectivity index (χ2n) is 14.7. The summed E-state index contributed by atoms with van der Waals surface area (Å²) < 4.78 is 16.6. The molecule has 0 aliphatic carbocycles. The standard InChI is InChI=1S/C43H50N2O7Si/c1-6-8-10-12-15-27(14-11-9-7-2)26-45-42(48)34-22-18-30-28-16-20-32-38-33(41(47)44(40(32)46)24-13-25-53(50-3,51-4)52-5)21-17-29(36(28)38)31-19-23-35(43(45)49)39(34)37(30)31/h16-23,27H,6-15,24-26H2,1-5H3. The van der Waals surface area contributed by atoms with Gasteiger partial charge in [-0.05, 0) is 81.8 Å². The zero-order valence-corrected chi connectivity index (χ0v) is 32.6. The molecule has 5 aromatic carbocycles. The van der Waals surface area contributed by atoms with E-state index in [0.29, 0.717) is 52.0 Å². The smallest absolute Gasteiger partial charge is 0.377 e. The van der Waals surface area contributed by atoms with Gasteiger partial charge in [-0.1, -0.05) is 83.1 Å². The van der Waals surface area contributed by atoms with Crippen molar-refractivity contribution >= 4 is 75.5 Å². The SMILES string of the molecule is CCCCCCC(CCCCC)CN1C(=O)c2ccc3c4ccc5c6c(ccc(c7ccc(c2c37)C1=O)c64)C(=O)N(CCC[Si](OC)(OC)OC)C5=O. The van der Waals surface area contributed by atoms with Crippen LogP contribution in [0.5, 0.6) is 0 Å². The maximum atomic E-state index is 14.2. The number of hydrogen-bond acceptors (Lipinski definition) is 7. The van der Waals surface area contributed by atoms with Gasteiger partial charge in [0, 0.05) is 73.5 Å². The molecule has 53 heavy (non-hydrogen) atoms. The minimum atomic E-state index is -2.87. The number of rotatable bonds is 18. The van der Waals surface area contributed by atoms with Crippen LogP contribution < -0.4 is 0 Å². The maximum absolute atomic E-state index is 14.2. The highest BCUT2D eigenvalue weighted by Crippen LogP contribution is 2.46. The molecule has 2 aliphatic rings. The van der Waals surface area contributed by atoms with Crippen molar-refractivity contribution in [2.45, 2.75) is 84.1 Å². The molecule has 0 fully saturated rings. The highest BCUT2D eigenvalue weighted by Gasteiger charge is 2.40. The lowest BCUT2D eigenvalue weighted by atomic mass is 9.82. The minimum absolute atomic E-state index is 0.206. The van der Waals surface area contributed by atoms with Crippen LogP contribution in [0.4, 0.5) is 0 Å². The van der Waals surface area contributed by atoms with Gasteiger partial charge in [0.05, 0.1) is 0 Å². The van der Waals surface area contributed by atoms with Crippen LogP contribution in [0, 0.1) is 5.92 Å². The van der Waals surface area contributed by atoms with Crippen molar-refractivity contribution in [1.82, 2.24) is 9.80 Å². The molecule has 0 spiro atoms. The minimum Gasteiger partial charge on any atom is -0.377 e. The predicted molar refractivity (Wildman–Crippen MR) is 211 cm³/mol. The highest BCUT2D eigenvalue weighted by molar-refractivity contribution is 6.60. The number of fused-ring (bicyclic) bond motifs is 2. The Balaban J connectivity index is 1.26. The van der Waals surface area contributed by atoms with Gasteiger partial charge in [-0.25, -0.2) is 0 Å². The third-order valence-corrected chi connectivity index (χ3v) is 14.6. The van der Waals surface area contributed by atoms with Crippen molar-refractivity contribution in [2.24, 2.45) is 5.92 Å². The van der Waals surface area contributed by atoms with Gasteiger partial charge >= 0.3 is 8.80 Å². The molecule has 0 saturated heterocycles. The largest absolute Gasteiger partial charge is 0.500 e. The fraction of sp³-hybridized carbons (Fsp3) is 0.442. The van der Waals surface area contributed by atoms with Gasteiger partial charge in [0.15, 0.2) is 0 Å². The fourth-order valence-electron chi connectivity index (χ4n) is 8.87. The van der Waals surface area contributed by atoms with Crippen molar-refractivity contribution in [1.29, 1.82) is 0 Å². The summed E-state index contributed by atoms with van der Waals surface area (Å²) in [4.78, 5) is 59.2. The summed E-state index contributed by atoms with van der Waals surface area (Å²) in [5.41, 5.74) is 2.06. The van der Waals surface area contributed by atoms with Gasteiger partial charge in [0.2, 0.25) is 0 Å². The molecule has 9 nitrogen and oxygen atoms in total. The van der Waals surface area contributed by atoms with Crippen LogP contribution in [-0.2, 0) is 13.3 Å². The molecule has 2 heterocycles. The van der Waals surface area contributed by atoms with E-state index in [4.69, 9.17) is 13.3 Å². The van der Waals surface area contributed by atoms with Gasteiger partial charge in [-0.15, -0.1) is 0 Å². The van der Waals surface area contributed by atoms with Gasteiger partial charge in [0.1, 0.15) is 0 Å². The van der Waals surface area contributed by atoms with Crippen LogP contribution in [0.25, 0.3) is 43.1 Å². The van der Waals surface area contributed by atoms with E-state index in [9.17, 15) is 19.2 Å². The Hall–Kier alpha value is -4.22. The molecular weight excluding hydrogens is 685 g/mol. The quantitative estimate of drug-likeness (QED) is 0.0291. The van der Waals surface area contributed by atoms with Gasteiger partial charge in [-0.2, -0.15) is 0 Å². The first-order chi connectivity index (χ1) is 25.7. The molecule has 278 valence electrons. The van der Waals surface area contributed by atoms with Crippen LogP contribution in [-0.4, -0.2) is 76.7 Å². The number of hydrogen-bond donors (Lipinski definition) is 0. The van der Waals surface area contributed by atoms with Crippen molar-refractivity contribution in [3.05, 3.63) is 70.8 Å². The molecule has 5 aromatic rings. The summed E-state index contributed by atoms with van der Waals surface area (Å²) in [6.45, 7) is 5.06. The Morgan fingerprint density at radius 2 is 0.906 bits per heavy atom. The normalized spacial score (nSPS) is 15.3. The van der Waals surface area contributed by atoms with Crippen LogP contribution in [0.2, 0.25) is 6.04 Å². The lowest BCUT2D eigenvalue weighted by Gasteiger charge is -2.32. The van der Waals surface area contributed by atoms with Gasteiger partial charge in [-0.3, -0.25) is 29.0 Å². The van der Waals surface area contributed by atoms with E-state index in [1.807, 2.05) is 48.5 Å². The molecule has 0 saturated carbocycles. The van der Waals surface area contributed by atoms with Crippen LogP contribution in [0.1, 0.15) is 119 Å². The number of unbranched alkanes of at least 4 members (excludes halogenated alkanes) is 5. The van der Waals surface area contributed by atoms with E-state index in [1.54, 1.807) is 21.3 Å². The third kappa shape index (κ3) is 6.23. The van der Waals surface area contributed by atoms with Gasteiger partial charge < -0.3 is 13.3 Å². The number of imide groups is 2. The second-order valence-corrected chi connectivity index (χ2v) is 17.8. The first kappa shape index (κ1) is 37.1. The Kier molecular flexibility index (Phi) is 10.7. The van der Waals surface area contributed by atoms with Crippen LogP contribution in [0.3, 0.4) is 0 Å². The zero-order valence-electron chi connectivity index (χ0n) is 31.6. The molecule has 0 radical (unpaired) electrons. The maximum Gasteiger partial charge on any atom is 0.500 e. The molecule has 0 aromatic heterocycles. The summed E-state index contributed by atoms with van der Waals surface area (Å²) in [5, 5.41) is 6.59. The van der Waals surface area contributed by atoms with Crippen molar-refractivity contribution in [2.75, 3.05) is 34.4 Å². The van der Waals surface area contributed by atoms with E-state index in [2.05, 4.69) is 13.8 Å². The lowest BCUT2D eigenvalue weighted by Crippen LogP contribution is -2.45. The first-order valence-corrected chi connectivity index (χ1v) is 21.2. The monoisotopic (exact) mass is 734 g/mol. The molecule has 10 heteroatoms. The Bertz CT molecular complexity index is 2100. The number of nitrogens with zero attached hydrogens (tertiary/aromatic N) is 2. The van der Waals surface area contributed by atoms with Crippen LogP contribution >= 0.6 is 0 Å². The molecule has 2 aliphatic heterocycles. The first-order valence-electron chi connectivity index (χ1n) is 19.3. The second kappa shape index (κ2) is 15.3. The van der Waals surface area contributed by atoms with E-state index in [1.165, 1.54) is 29.1 Å². The van der Waals surface area contributed by atoms with E-state index in [0.717, 1.165) is 70.8 Å². The molecule has 1 unspecified atom stereocenters. The van der Waals surface area contributed by atoms with E-state index < -0.39 is 8.80 Å². The summed E-state index contributed by atoms with van der Waals surface area (Å²) >= 11 is 0. The number of carbonyl (C=O) groups excluding carboxylic acids is 4. The van der Waals surface area contributed by atoms with Crippen molar-refractivity contribution in [3.63, 3.8) is 0 Å². The van der Waals surface area contributed by atoms with E-state index >= 15 is 0 Å².